The lowest BCUT2D eigenvalue weighted by Gasteiger charge is -2.12. The molecule has 3 rings (SSSR count). The molecule has 0 saturated carbocycles. The number of benzene rings is 3. The van der Waals surface area contributed by atoms with Crippen molar-refractivity contribution in [3.8, 4) is 11.5 Å². The Hall–Kier alpha value is -3.47. The van der Waals surface area contributed by atoms with Crippen LogP contribution in [0.5, 0.6) is 11.5 Å². The van der Waals surface area contributed by atoms with Crippen LogP contribution < -0.4 is 20.1 Å². The highest BCUT2D eigenvalue weighted by molar-refractivity contribution is 5.95. The van der Waals surface area contributed by atoms with E-state index < -0.39 is 0 Å². The molecule has 0 fully saturated rings. The predicted octanol–water partition coefficient (Wildman–Crippen LogP) is 4.76. The number of rotatable bonds is 10. The Morgan fingerprint density at radius 2 is 1.69 bits per heavy atom. The van der Waals surface area contributed by atoms with Crippen LogP contribution in [0.2, 0.25) is 0 Å². The summed E-state index contributed by atoms with van der Waals surface area (Å²) in [4.78, 5) is 12.3. The van der Waals surface area contributed by atoms with Gasteiger partial charge in [-0.3, -0.25) is 4.79 Å². The number of ether oxygens (including phenoxy) is 2. The Labute approximate surface area is 171 Å². The van der Waals surface area contributed by atoms with Gasteiger partial charge in [0.1, 0.15) is 11.5 Å². The van der Waals surface area contributed by atoms with Crippen molar-refractivity contribution >= 4 is 17.3 Å². The van der Waals surface area contributed by atoms with Crippen LogP contribution >= 0.6 is 0 Å². The van der Waals surface area contributed by atoms with E-state index in [1.54, 1.807) is 0 Å². The topological polar surface area (TPSA) is 59.6 Å². The molecule has 0 aromatic heterocycles. The van der Waals surface area contributed by atoms with Crippen LogP contribution in [-0.4, -0.2) is 25.7 Å². The van der Waals surface area contributed by atoms with E-state index in [0.29, 0.717) is 24.7 Å². The number of hydrogen-bond donors (Lipinski definition) is 2. The summed E-state index contributed by atoms with van der Waals surface area (Å²) in [5.74, 6) is 1.29. The first-order valence-electron chi connectivity index (χ1n) is 9.77. The zero-order valence-corrected chi connectivity index (χ0v) is 16.6. The molecule has 3 aromatic carbocycles. The normalized spacial score (nSPS) is 10.2. The maximum Gasteiger partial charge on any atom is 0.243 e. The van der Waals surface area contributed by atoms with Gasteiger partial charge in [-0.2, -0.15) is 0 Å². The molecule has 5 nitrogen and oxygen atoms in total. The standard InChI is InChI=1S/C24H26N2O3/c1-2-28-23-14-7-6-13-22(23)26-24(27)18-25-20-11-8-12-21(17-20)29-16-15-19-9-4-3-5-10-19/h3-14,17,25H,2,15-16,18H2,1H3,(H,26,27). The fourth-order valence-electron chi connectivity index (χ4n) is 2.86. The average molecular weight is 390 g/mol. The predicted molar refractivity (Wildman–Crippen MR) is 117 cm³/mol. The van der Waals surface area contributed by atoms with Gasteiger partial charge in [0, 0.05) is 18.2 Å². The van der Waals surface area contributed by atoms with E-state index in [0.717, 1.165) is 17.9 Å². The molecular weight excluding hydrogens is 364 g/mol. The lowest BCUT2D eigenvalue weighted by molar-refractivity contribution is -0.114. The Morgan fingerprint density at radius 1 is 0.897 bits per heavy atom. The molecule has 0 atom stereocenters. The van der Waals surface area contributed by atoms with E-state index in [4.69, 9.17) is 9.47 Å². The van der Waals surface area contributed by atoms with Gasteiger partial charge in [-0.15, -0.1) is 0 Å². The van der Waals surface area contributed by atoms with Crippen molar-refractivity contribution < 1.29 is 14.3 Å². The van der Waals surface area contributed by atoms with Gasteiger partial charge in [-0.25, -0.2) is 0 Å². The van der Waals surface area contributed by atoms with Crippen LogP contribution in [-0.2, 0) is 11.2 Å². The van der Waals surface area contributed by atoms with Crippen molar-refractivity contribution in [3.63, 3.8) is 0 Å². The second-order valence-electron chi connectivity index (χ2n) is 6.44. The highest BCUT2D eigenvalue weighted by Crippen LogP contribution is 2.23. The van der Waals surface area contributed by atoms with E-state index in [1.807, 2.05) is 73.7 Å². The van der Waals surface area contributed by atoms with E-state index in [2.05, 4.69) is 22.8 Å². The number of carbonyl (C=O) groups is 1. The van der Waals surface area contributed by atoms with Crippen LogP contribution in [0.25, 0.3) is 0 Å². The lowest BCUT2D eigenvalue weighted by Crippen LogP contribution is -2.22. The second kappa shape index (κ2) is 10.8. The van der Waals surface area contributed by atoms with Crippen LogP contribution in [0.15, 0.2) is 78.9 Å². The molecule has 0 aliphatic carbocycles. The van der Waals surface area contributed by atoms with Crippen molar-refractivity contribution in [2.24, 2.45) is 0 Å². The molecule has 0 bridgehead atoms. The lowest BCUT2D eigenvalue weighted by atomic mass is 10.2. The fourth-order valence-corrected chi connectivity index (χ4v) is 2.86. The third-order valence-corrected chi connectivity index (χ3v) is 4.25. The van der Waals surface area contributed by atoms with E-state index >= 15 is 0 Å². The van der Waals surface area contributed by atoms with Gasteiger partial charge in [0.25, 0.3) is 0 Å². The average Bonchev–Trinajstić information content (AvgIpc) is 2.75. The van der Waals surface area contributed by atoms with Gasteiger partial charge in [0.2, 0.25) is 5.91 Å². The summed E-state index contributed by atoms with van der Waals surface area (Å²) in [5, 5.41) is 6.01. The molecule has 29 heavy (non-hydrogen) atoms. The van der Waals surface area contributed by atoms with Crippen LogP contribution in [0, 0.1) is 0 Å². The highest BCUT2D eigenvalue weighted by atomic mass is 16.5. The van der Waals surface area contributed by atoms with E-state index in [1.165, 1.54) is 5.56 Å². The molecule has 0 saturated heterocycles. The minimum absolute atomic E-state index is 0.146. The monoisotopic (exact) mass is 390 g/mol. The smallest absolute Gasteiger partial charge is 0.243 e. The quantitative estimate of drug-likeness (QED) is 0.524. The summed E-state index contributed by atoms with van der Waals surface area (Å²) in [6, 6.07) is 25.2. The third-order valence-electron chi connectivity index (χ3n) is 4.25. The Balaban J connectivity index is 1.48. The minimum atomic E-state index is -0.146. The first-order chi connectivity index (χ1) is 14.2. The molecule has 150 valence electrons. The first-order valence-corrected chi connectivity index (χ1v) is 9.77. The first kappa shape index (κ1) is 20.3. The van der Waals surface area contributed by atoms with Crippen molar-refractivity contribution in [3.05, 3.63) is 84.4 Å². The van der Waals surface area contributed by atoms with E-state index in [-0.39, 0.29) is 12.5 Å². The zero-order valence-electron chi connectivity index (χ0n) is 16.6. The van der Waals surface area contributed by atoms with Crippen molar-refractivity contribution in [1.82, 2.24) is 0 Å². The second-order valence-corrected chi connectivity index (χ2v) is 6.44. The van der Waals surface area contributed by atoms with Crippen molar-refractivity contribution in [2.75, 3.05) is 30.4 Å². The van der Waals surface area contributed by atoms with Gasteiger partial charge in [0.15, 0.2) is 0 Å². The van der Waals surface area contributed by atoms with E-state index in [9.17, 15) is 4.79 Å². The van der Waals surface area contributed by atoms with Gasteiger partial charge < -0.3 is 20.1 Å². The third kappa shape index (κ3) is 6.57. The molecule has 0 radical (unpaired) electrons. The summed E-state index contributed by atoms with van der Waals surface area (Å²) < 4.78 is 11.4. The van der Waals surface area contributed by atoms with Crippen LogP contribution in [0.4, 0.5) is 11.4 Å². The molecule has 5 heteroatoms. The minimum Gasteiger partial charge on any atom is -0.493 e. The summed E-state index contributed by atoms with van der Waals surface area (Å²) in [5.41, 5.74) is 2.74. The number of carbonyl (C=O) groups excluding carboxylic acids is 1. The number of nitrogens with one attached hydrogen (secondary N) is 2. The Kier molecular flexibility index (Phi) is 7.52. The van der Waals surface area contributed by atoms with Gasteiger partial charge >= 0.3 is 0 Å². The van der Waals surface area contributed by atoms with Gasteiger partial charge in [-0.05, 0) is 36.8 Å². The molecule has 1 amide bonds. The SMILES string of the molecule is CCOc1ccccc1NC(=O)CNc1cccc(OCCc2ccccc2)c1. The number of anilines is 2. The molecule has 2 N–H and O–H groups in total. The number of amides is 1. The van der Waals surface area contributed by atoms with Crippen molar-refractivity contribution in [1.29, 1.82) is 0 Å². The molecular formula is C24H26N2O3. The summed E-state index contributed by atoms with van der Waals surface area (Å²) in [6.07, 6.45) is 0.847. The largest absolute Gasteiger partial charge is 0.493 e. The molecule has 3 aromatic rings. The van der Waals surface area contributed by atoms with Crippen molar-refractivity contribution in [2.45, 2.75) is 13.3 Å². The molecule has 0 aliphatic heterocycles. The zero-order chi connectivity index (χ0) is 20.3. The fraction of sp³-hybridized carbons (Fsp3) is 0.208. The van der Waals surface area contributed by atoms with Crippen LogP contribution in [0.1, 0.15) is 12.5 Å². The highest BCUT2D eigenvalue weighted by Gasteiger charge is 2.07. The molecule has 0 aliphatic rings. The molecule has 0 heterocycles. The summed E-state index contributed by atoms with van der Waals surface area (Å²) >= 11 is 0. The molecule has 0 spiro atoms. The maximum atomic E-state index is 12.3. The summed E-state index contributed by atoms with van der Waals surface area (Å²) in [6.45, 7) is 3.20. The van der Waals surface area contributed by atoms with Gasteiger partial charge in [0.05, 0.1) is 25.4 Å². The van der Waals surface area contributed by atoms with Gasteiger partial charge in [-0.1, -0.05) is 48.5 Å². The summed E-state index contributed by atoms with van der Waals surface area (Å²) in [7, 11) is 0. The number of hydrogen-bond acceptors (Lipinski definition) is 4. The maximum absolute atomic E-state index is 12.3. The number of para-hydroxylation sites is 2. The Morgan fingerprint density at radius 3 is 2.52 bits per heavy atom. The Bertz CT molecular complexity index is 913. The molecule has 0 unspecified atom stereocenters. The van der Waals surface area contributed by atoms with Crippen LogP contribution in [0.3, 0.4) is 0 Å².